The summed E-state index contributed by atoms with van der Waals surface area (Å²) in [6.45, 7) is 4.90. The Morgan fingerprint density at radius 3 is 1.98 bits per heavy atom. The van der Waals surface area contributed by atoms with Crippen molar-refractivity contribution < 1.29 is 156 Å². The van der Waals surface area contributed by atoms with Crippen LogP contribution in [0.4, 0.5) is 5.13 Å². The highest BCUT2D eigenvalue weighted by Crippen LogP contribution is 2.52. The van der Waals surface area contributed by atoms with Gasteiger partial charge in [0.2, 0.25) is 65.2 Å². The Hall–Kier alpha value is -13.5. The molecule has 0 spiro atoms. The summed E-state index contributed by atoms with van der Waals surface area (Å²) in [6, 6.07) is -0.245. The number of oxime groups is 1. The van der Waals surface area contributed by atoms with Crippen molar-refractivity contribution in [2.75, 3.05) is 45.3 Å². The highest BCUT2D eigenvalue weighted by atomic mass is 35.5. The first kappa shape index (κ1) is 110. The molecular formula is C94H108Cl3N18O31S2+. The number of carbonyl (C=O) groups excluding carboxylic acids is 11. The molecule has 0 saturated carbocycles. The van der Waals surface area contributed by atoms with Gasteiger partial charge in [0.15, 0.2) is 59.7 Å². The van der Waals surface area contributed by atoms with Gasteiger partial charge in [-0.2, -0.15) is 0 Å². The maximum absolute atomic E-state index is 16.4. The molecule has 7 aromatic rings. The van der Waals surface area contributed by atoms with Crippen molar-refractivity contribution in [3.63, 3.8) is 0 Å². The lowest BCUT2D eigenvalue weighted by molar-refractivity contribution is -0.689. The zero-order valence-corrected chi connectivity index (χ0v) is 83.4. The number of phenolic OH excluding ortho intramolecular Hbond substituents is 3. The molecule has 49 nitrogen and oxygen atoms in total. The Kier molecular flexibility index (Phi) is 35.0. The van der Waals surface area contributed by atoms with E-state index in [0.29, 0.717) is 11.1 Å². The maximum Gasteiger partial charge on any atom is 0.352 e. The van der Waals surface area contributed by atoms with Crippen molar-refractivity contribution in [3.05, 3.63) is 168 Å². The standard InChI is InChI=1S/C94H107Cl3N18O31S2/c1-36(2)22-49(101-5)81(128)109-68-72(122)40-11-14-53(47(95)24-40)142-55-26-42-27-56(77(55)146-92-78(76(126)75(125)57(34-116)144-92)145-61-30-94(4,100)79(127)37(3)141-61)143-54-15-12-41(25-48(54)96)73(123)69-87(134)108-65(90(136)137)45-28-52(118)46(74(124)62(45)44-23-39(10-13-51(44)117)63(83(130)110-69)107-84(131)64(42)106-82(129)50(29-58(98)119)105-86(68)133)32-102-18-19-103-59(120)8-7-9-60(121)104-31-38-16-20-114(21-17-38)33-43-35-147-89-70(88(135)115(89)71(43)91(138)139)111-85(132)67(113-140-6)66-80(97)148-93(99)112-66/h10-17,20-21,23-28,36-37,49-50,57,61,63-65,68-70,72-73,75-76,78-79,89,92,101-102,116,122-123,125-127H,7-9,18-19,22,29-35,100H2,1-6H3,(H17-,98,99,103,104,105,106,107,108,109,110,111,112,113,117,118,119,120,121,124,128,129,130,131,132,133,134,136,137,138,139)/p+1/t37-,49+,50-,57+,61-,63?,64+,65-,68+,69?,70+,72+,73+,75+,76-,78+,79+,89+,92-,94-/m0/s1. The number of rotatable bonds is 31. The van der Waals surface area contributed by atoms with Crippen molar-refractivity contribution in [1.82, 2.24) is 68.4 Å². The molecule has 792 valence electrons. The molecule has 20 atom stereocenters. The Balaban J connectivity index is 0.742. The largest absolute Gasteiger partial charge is 0.507 e. The van der Waals surface area contributed by atoms with E-state index in [2.05, 4.69) is 68.6 Å². The van der Waals surface area contributed by atoms with Crippen LogP contribution in [0.3, 0.4) is 0 Å². The number of aliphatic carboxylic acids is 2. The molecule has 9 aliphatic rings. The number of halogens is 3. The molecule has 3 fully saturated rings. The Morgan fingerprint density at radius 2 is 1.37 bits per heavy atom. The second-order valence-electron chi connectivity index (χ2n) is 36.4. The first-order valence-electron chi connectivity index (χ1n) is 46.2. The number of carboxylic acids is 2. The molecule has 0 radical (unpaired) electrons. The number of aliphatic hydroxyl groups is 6. The molecule has 3 saturated heterocycles. The number of likely N-dealkylation sites (N-methyl/N-ethyl adjacent to an activating group) is 1. The molecule has 2 aromatic heterocycles. The van der Waals surface area contributed by atoms with E-state index < -0.39 is 301 Å². The number of ether oxygens (including phenoxy) is 6. The van der Waals surface area contributed by atoms with E-state index in [-0.39, 0.29) is 113 Å². The van der Waals surface area contributed by atoms with Crippen molar-refractivity contribution in [2.45, 2.75) is 207 Å². The number of thioether (sulfide) groups is 1. The van der Waals surface area contributed by atoms with Crippen LogP contribution >= 0.6 is 57.9 Å². The second-order valence-corrected chi connectivity index (χ2v) is 40.0. The van der Waals surface area contributed by atoms with Gasteiger partial charge in [-0.3, -0.25) is 57.6 Å². The van der Waals surface area contributed by atoms with E-state index in [9.17, 15) is 94.5 Å². The number of carbonyl (C=O) groups is 13. The molecule has 0 aliphatic carbocycles. The minimum absolute atomic E-state index is 0.0448. The normalized spacial score (nSPS) is 25.8. The molecule has 2 unspecified atom stereocenters. The molecule has 11 heterocycles. The number of aromatic hydroxyl groups is 3. The number of carboxylic acid groups (broad SMARTS) is 2. The molecule has 11 amide bonds. The van der Waals surface area contributed by atoms with E-state index in [1.807, 2.05) is 0 Å². The van der Waals surface area contributed by atoms with Crippen LogP contribution in [0.1, 0.15) is 141 Å². The second kappa shape index (κ2) is 46.9. The smallest absolute Gasteiger partial charge is 0.352 e. The van der Waals surface area contributed by atoms with E-state index >= 15 is 24.0 Å². The fourth-order valence-corrected chi connectivity index (χ4v) is 20.4. The van der Waals surface area contributed by atoms with Crippen molar-refractivity contribution in [3.8, 4) is 57.1 Å². The lowest BCUT2D eigenvalue weighted by atomic mass is 9.86. The Bertz CT molecular complexity index is 6410. The highest BCUT2D eigenvalue weighted by molar-refractivity contribution is 8.00. The van der Waals surface area contributed by atoms with Gasteiger partial charge in [-0.1, -0.05) is 83.3 Å². The number of nitrogens with two attached hydrogens (primary N) is 3. The molecule has 9 aliphatic heterocycles. The summed E-state index contributed by atoms with van der Waals surface area (Å²) >= 11 is 22.6. The number of fused-ring (bicyclic) bond motifs is 16. The minimum atomic E-state index is -2.44. The quantitative estimate of drug-likeness (QED) is 0.00862. The van der Waals surface area contributed by atoms with Crippen molar-refractivity contribution >= 4 is 146 Å². The topological polar surface area (TPSA) is 752 Å². The van der Waals surface area contributed by atoms with Crippen LogP contribution in [0.2, 0.25) is 14.4 Å². The van der Waals surface area contributed by atoms with Crippen molar-refractivity contribution in [1.29, 1.82) is 0 Å². The third kappa shape index (κ3) is 24.6. The number of nitrogens with one attached hydrogen (secondary N) is 11. The van der Waals surface area contributed by atoms with Gasteiger partial charge in [0, 0.05) is 91.1 Å². The summed E-state index contributed by atoms with van der Waals surface area (Å²) in [4.78, 5) is 196. The van der Waals surface area contributed by atoms with E-state index in [0.717, 1.165) is 83.0 Å². The predicted octanol–water partition coefficient (Wildman–Crippen LogP) is -0.432. The molecule has 5 aromatic carbocycles. The van der Waals surface area contributed by atoms with Gasteiger partial charge in [-0.15, -0.1) is 11.8 Å². The molecule has 11 bridgehead atoms. The number of benzene rings is 5. The number of primary amides is 1. The van der Waals surface area contributed by atoms with Gasteiger partial charge in [0.05, 0.1) is 46.9 Å². The number of β-lactam (4-membered cyclic amide) rings is 1. The third-order valence-corrected chi connectivity index (χ3v) is 28.4. The van der Waals surface area contributed by atoms with E-state index in [1.54, 1.807) is 42.9 Å². The van der Waals surface area contributed by atoms with E-state index in [4.69, 9.17) is 85.3 Å². The Morgan fingerprint density at radius 1 is 0.730 bits per heavy atom. The zero-order chi connectivity index (χ0) is 107. The average molecular weight is 2160 g/mol. The highest BCUT2D eigenvalue weighted by Gasteiger charge is 2.57. The molecular weight excluding hydrogens is 2050 g/mol. The van der Waals surface area contributed by atoms with Gasteiger partial charge < -0.3 is 165 Å². The number of phenols is 3. The number of thiazole rings is 1. The first-order chi connectivity index (χ1) is 70.2. The van der Waals surface area contributed by atoms with Crippen LogP contribution in [0.25, 0.3) is 11.1 Å². The summed E-state index contributed by atoms with van der Waals surface area (Å²) in [5, 5.41) is 159. The molecule has 28 N–H and O–H groups in total. The number of nitrogens with zero attached hydrogens (tertiary/aromatic N) is 4. The van der Waals surface area contributed by atoms with Crippen LogP contribution < -0.4 is 94.5 Å². The lowest BCUT2D eigenvalue weighted by Crippen LogP contribution is -2.71. The summed E-state index contributed by atoms with van der Waals surface area (Å²) in [5.41, 5.74) is 13.2. The van der Waals surface area contributed by atoms with Crippen LogP contribution in [0.15, 0.2) is 114 Å². The number of anilines is 1. The number of amides is 11. The number of pyridine rings is 1. The zero-order valence-electron chi connectivity index (χ0n) is 79.5. The predicted molar refractivity (Wildman–Crippen MR) is 521 cm³/mol. The first-order valence-corrected chi connectivity index (χ1v) is 49.2. The fourth-order valence-electron chi connectivity index (χ4n) is 17.7. The van der Waals surface area contributed by atoms with Crippen LogP contribution in [-0.2, 0) is 101 Å². The van der Waals surface area contributed by atoms with Gasteiger partial charge in [0.25, 0.3) is 11.8 Å². The number of aromatic nitrogens is 2. The summed E-state index contributed by atoms with van der Waals surface area (Å²) in [6.07, 6.45) is -16.1. The number of aliphatic hydroxyl groups excluding tert-OH is 6. The summed E-state index contributed by atoms with van der Waals surface area (Å²) in [7, 11) is 2.64. The SMILES string of the molecule is CN[C@H](CC(C)C)C(=O)N[C@H]1C(=O)N[C@@H](CC(N)=O)C(=O)N[C@H]2C(=O)NC3C(=O)NC(C(=O)N[C@H](C(=O)O)c4cc(O)c(CNCCNC(=O)CCCC(=O)NCc5cc[n+](CC6=C(C(=O)O)N7C(=O)[C@@H](NC(=O)/C(=N\OC)c8nc(N)sc8Cl)[C@H]7SC6)cc5)c(O)c4-c4cc3ccc4O)[C@H](O)c3ccc(c(Cl)c3)Oc3cc2cc(c3O[C@@H]2O[C@H](CO)[C@@H](O)[C@H](O)[C@H]2O[C@H]2C[C@](C)(N)[C@H](O)[C@H](C)O2)Oc2ccc(cc2Cl)[C@H]1O. The van der Waals surface area contributed by atoms with Gasteiger partial charge >= 0.3 is 11.9 Å². The fraction of sp³-hybridized carbons (Fsp3) is 0.426. The third-order valence-electron chi connectivity index (χ3n) is 25.4. The van der Waals surface area contributed by atoms with Gasteiger partial charge in [-0.25, -0.2) is 19.1 Å². The van der Waals surface area contributed by atoms with Crippen LogP contribution in [-0.4, -0.2) is 279 Å². The molecule has 16 rings (SSSR count). The number of hydrogen-bond acceptors (Lipinski definition) is 37. The van der Waals surface area contributed by atoms with Crippen LogP contribution in [0.5, 0.6) is 46.0 Å². The minimum Gasteiger partial charge on any atom is -0.507 e. The molecule has 148 heavy (non-hydrogen) atoms. The summed E-state index contributed by atoms with van der Waals surface area (Å²) in [5.74, 6) is -20.8. The van der Waals surface area contributed by atoms with Gasteiger partial charge in [0.1, 0.15) is 124 Å². The monoisotopic (exact) mass is 2150 g/mol. The number of hydrogen-bond donors (Lipinski definition) is 25. The average Bonchev–Trinajstić information content (AvgIpc) is 0.746. The summed E-state index contributed by atoms with van der Waals surface area (Å²) < 4.78 is 40.4. The lowest BCUT2D eigenvalue weighted by Gasteiger charge is -2.49. The number of nitrogen functional groups attached to an aromatic ring is 1. The van der Waals surface area contributed by atoms with Crippen molar-refractivity contribution in [2.24, 2.45) is 22.5 Å². The molecule has 54 heteroatoms. The van der Waals surface area contributed by atoms with Crippen LogP contribution in [0, 0.1) is 5.92 Å². The Labute approximate surface area is 864 Å². The maximum atomic E-state index is 16.4. The van der Waals surface area contributed by atoms with Gasteiger partial charge in [-0.05, 0) is 122 Å². The van der Waals surface area contributed by atoms with E-state index in [1.165, 1.54) is 45.8 Å².